The number of amides is 1. The minimum Gasteiger partial charge on any atom is -0.339 e. The molecule has 3 aromatic rings. The Bertz CT molecular complexity index is 1260. The number of anilines is 5. The molecule has 14 heteroatoms. The standard InChI is InChI=1S/C22H27N11O2S/c34-19(25-18-13-23-5-6-24-18)16-2-1-7-33(16)22-28-20(26-17-12-15(30-31-17)14-3-4-14)27-21(29-22)32-8-10-36(35)11-9-32/h5-6,12-14,16H,1-4,7-11H2,(H,24,25,34)(H2,26,27,28,29,30,31). The van der Waals surface area contributed by atoms with Gasteiger partial charge in [0.25, 0.3) is 0 Å². The minimum absolute atomic E-state index is 0.181. The average molecular weight is 510 g/mol. The molecule has 36 heavy (non-hydrogen) atoms. The SMILES string of the molecule is O=C(Nc1cnccn1)C1CCCN1c1nc(Nc2cc(C3CC3)[nH]n2)nc(N2CCS(=O)CC2)n1. The number of aromatic nitrogens is 7. The molecule has 188 valence electrons. The fourth-order valence-corrected chi connectivity index (χ4v) is 5.54. The Labute approximate surface area is 210 Å². The zero-order valence-corrected chi connectivity index (χ0v) is 20.4. The molecule has 1 amide bonds. The summed E-state index contributed by atoms with van der Waals surface area (Å²) in [6.07, 6.45) is 8.45. The van der Waals surface area contributed by atoms with Crippen molar-refractivity contribution in [2.75, 3.05) is 51.6 Å². The van der Waals surface area contributed by atoms with Gasteiger partial charge in [-0.05, 0) is 25.7 Å². The van der Waals surface area contributed by atoms with Crippen LogP contribution in [-0.2, 0) is 15.6 Å². The van der Waals surface area contributed by atoms with E-state index in [0.717, 1.165) is 12.1 Å². The molecular weight excluding hydrogens is 482 g/mol. The van der Waals surface area contributed by atoms with Crippen LogP contribution in [0.4, 0.5) is 29.5 Å². The molecule has 3 N–H and O–H groups in total. The molecule has 3 fully saturated rings. The Balaban J connectivity index is 1.28. The van der Waals surface area contributed by atoms with Crippen LogP contribution in [0.2, 0.25) is 0 Å². The number of hydrogen-bond donors (Lipinski definition) is 3. The van der Waals surface area contributed by atoms with Crippen LogP contribution in [0.5, 0.6) is 0 Å². The number of nitrogens with one attached hydrogen (secondary N) is 3. The first kappa shape index (κ1) is 22.8. The molecule has 0 radical (unpaired) electrons. The molecule has 2 aliphatic heterocycles. The smallest absolute Gasteiger partial charge is 0.248 e. The van der Waals surface area contributed by atoms with E-state index in [1.54, 1.807) is 6.20 Å². The van der Waals surface area contributed by atoms with E-state index in [1.807, 2.05) is 15.9 Å². The minimum atomic E-state index is -0.823. The summed E-state index contributed by atoms with van der Waals surface area (Å²) in [5.41, 5.74) is 1.10. The highest BCUT2D eigenvalue weighted by molar-refractivity contribution is 7.85. The second-order valence-electron chi connectivity index (χ2n) is 9.13. The molecule has 1 atom stereocenters. The van der Waals surface area contributed by atoms with Crippen LogP contribution >= 0.6 is 0 Å². The van der Waals surface area contributed by atoms with Gasteiger partial charge in [0.15, 0.2) is 11.6 Å². The van der Waals surface area contributed by atoms with Gasteiger partial charge < -0.3 is 20.4 Å². The van der Waals surface area contributed by atoms with E-state index >= 15 is 0 Å². The molecule has 2 saturated heterocycles. The van der Waals surface area contributed by atoms with Gasteiger partial charge in [-0.1, -0.05) is 0 Å². The topological polar surface area (TPSA) is 158 Å². The van der Waals surface area contributed by atoms with Gasteiger partial charge in [-0.15, -0.1) is 0 Å². The van der Waals surface area contributed by atoms with E-state index in [-0.39, 0.29) is 5.91 Å². The molecular formula is C22H27N11O2S. The molecule has 6 rings (SSSR count). The van der Waals surface area contributed by atoms with Crippen LogP contribution in [0.3, 0.4) is 0 Å². The number of aromatic amines is 1. The van der Waals surface area contributed by atoms with Crippen molar-refractivity contribution in [1.29, 1.82) is 0 Å². The summed E-state index contributed by atoms with van der Waals surface area (Å²) in [6, 6.07) is 1.54. The highest BCUT2D eigenvalue weighted by Crippen LogP contribution is 2.39. The van der Waals surface area contributed by atoms with E-state index in [9.17, 15) is 9.00 Å². The van der Waals surface area contributed by atoms with E-state index in [2.05, 4.69) is 40.8 Å². The average Bonchev–Trinajstić information content (AvgIpc) is 3.43. The predicted molar refractivity (Wildman–Crippen MR) is 135 cm³/mol. The Kier molecular flexibility index (Phi) is 6.17. The van der Waals surface area contributed by atoms with Gasteiger partial charge in [-0.25, -0.2) is 4.98 Å². The lowest BCUT2D eigenvalue weighted by Crippen LogP contribution is -2.42. The summed E-state index contributed by atoms with van der Waals surface area (Å²) in [5, 5.41) is 13.5. The summed E-state index contributed by atoms with van der Waals surface area (Å²) in [5.74, 6) is 3.82. The molecule has 13 nitrogen and oxygen atoms in total. The zero-order valence-electron chi connectivity index (χ0n) is 19.6. The van der Waals surface area contributed by atoms with Gasteiger partial charge in [0, 0.05) is 72.0 Å². The molecule has 3 aliphatic rings. The molecule has 0 aromatic carbocycles. The zero-order chi connectivity index (χ0) is 24.5. The van der Waals surface area contributed by atoms with Gasteiger partial charge in [-0.3, -0.25) is 19.1 Å². The maximum atomic E-state index is 13.1. The lowest BCUT2D eigenvalue weighted by molar-refractivity contribution is -0.117. The van der Waals surface area contributed by atoms with Crippen LogP contribution in [0, 0.1) is 0 Å². The summed E-state index contributed by atoms with van der Waals surface area (Å²) in [6.45, 7) is 1.83. The van der Waals surface area contributed by atoms with Gasteiger partial charge in [0.1, 0.15) is 6.04 Å². The molecule has 5 heterocycles. The van der Waals surface area contributed by atoms with Crippen LogP contribution in [0.15, 0.2) is 24.7 Å². The fourth-order valence-electron chi connectivity index (χ4n) is 4.49. The number of carbonyl (C=O) groups is 1. The third kappa shape index (κ3) is 4.98. The first-order chi connectivity index (χ1) is 17.6. The van der Waals surface area contributed by atoms with E-state index in [4.69, 9.17) is 4.98 Å². The van der Waals surface area contributed by atoms with Crippen molar-refractivity contribution >= 4 is 46.2 Å². The van der Waals surface area contributed by atoms with Gasteiger partial charge in [0.05, 0.1) is 6.20 Å². The van der Waals surface area contributed by atoms with Crippen molar-refractivity contribution < 1.29 is 9.00 Å². The largest absolute Gasteiger partial charge is 0.339 e. The quantitative estimate of drug-likeness (QED) is 0.420. The molecule has 1 saturated carbocycles. The molecule has 0 spiro atoms. The number of carbonyl (C=O) groups excluding carboxylic acids is 1. The Morgan fingerprint density at radius 3 is 2.64 bits per heavy atom. The van der Waals surface area contributed by atoms with Crippen molar-refractivity contribution in [3.05, 3.63) is 30.4 Å². The second-order valence-corrected chi connectivity index (χ2v) is 10.8. The fraction of sp³-hybridized carbons (Fsp3) is 0.500. The normalized spacial score (nSPS) is 20.5. The van der Waals surface area contributed by atoms with Crippen molar-refractivity contribution in [2.24, 2.45) is 0 Å². The maximum Gasteiger partial charge on any atom is 0.248 e. The molecule has 1 unspecified atom stereocenters. The van der Waals surface area contributed by atoms with Gasteiger partial charge >= 0.3 is 0 Å². The monoisotopic (exact) mass is 509 g/mol. The summed E-state index contributed by atoms with van der Waals surface area (Å²) >= 11 is 0. The van der Waals surface area contributed by atoms with Crippen molar-refractivity contribution in [2.45, 2.75) is 37.6 Å². The Morgan fingerprint density at radius 2 is 1.86 bits per heavy atom. The lowest BCUT2D eigenvalue weighted by atomic mass is 10.2. The lowest BCUT2D eigenvalue weighted by Gasteiger charge is -2.28. The van der Waals surface area contributed by atoms with Crippen molar-refractivity contribution in [3.8, 4) is 0 Å². The third-order valence-electron chi connectivity index (χ3n) is 6.55. The summed E-state index contributed by atoms with van der Waals surface area (Å²) < 4.78 is 11.9. The van der Waals surface area contributed by atoms with Crippen LogP contribution in [0.25, 0.3) is 0 Å². The number of rotatable bonds is 7. The highest BCUT2D eigenvalue weighted by Gasteiger charge is 2.34. The second kappa shape index (κ2) is 9.76. The maximum absolute atomic E-state index is 13.1. The molecule has 1 aliphatic carbocycles. The van der Waals surface area contributed by atoms with Crippen LogP contribution < -0.4 is 20.4 Å². The first-order valence-corrected chi connectivity index (χ1v) is 13.6. The number of nitrogens with zero attached hydrogens (tertiary/aromatic N) is 8. The van der Waals surface area contributed by atoms with Crippen molar-refractivity contribution in [1.82, 2.24) is 35.1 Å². The van der Waals surface area contributed by atoms with E-state index < -0.39 is 16.8 Å². The third-order valence-corrected chi connectivity index (χ3v) is 7.83. The predicted octanol–water partition coefficient (Wildman–Crippen LogP) is 1.18. The molecule has 0 bridgehead atoms. The summed E-state index contributed by atoms with van der Waals surface area (Å²) in [7, 11) is -0.823. The Morgan fingerprint density at radius 1 is 1.03 bits per heavy atom. The number of hydrogen-bond acceptors (Lipinski definition) is 11. The summed E-state index contributed by atoms with van der Waals surface area (Å²) in [4.78, 5) is 39.2. The highest BCUT2D eigenvalue weighted by atomic mass is 32.2. The Hall–Kier alpha value is -3.68. The van der Waals surface area contributed by atoms with Gasteiger partial charge in [0.2, 0.25) is 23.8 Å². The van der Waals surface area contributed by atoms with Crippen LogP contribution in [-0.4, -0.2) is 82.4 Å². The van der Waals surface area contributed by atoms with Gasteiger partial charge in [-0.2, -0.15) is 20.1 Å². The van der Waals surface area contributed by atoms with E-state index in [0.29, 0.717) is 73.0 Å². The molecule has 3 aromatic heterocycles. The van der Waals surface area contributed by atoms with Crippen LogP contribution in [0.1, 0.15) is 37.3 Å². The first-order valence-electron chi connectivity index (χ1n) is 12.1. The van der Waals surface area contributed by atoms with Crippen molar-refractivity contribution in [3.63, 3.8) is 0 Å². The number of H-pyrrole nitrogens is 1. The van der Waals surface area contributed by atoms with E-state index in [1.165, 1.54) is 25.2 Å².